The first-order valence-corrected chi connectivity index (χ1v) is 8.81. The van der Waals surface area contributed by atoms with Gasteiger partial charge in [-0.15, -0.1) is 0 Å². The molecular weight excluding hydrogens is 396 g/mol. The summed E-state index contributed by atoms with van der Waals surface area (Å²) in [4.78, 5) is 17.6. The maximum absolute atomic E-state index is 8.88. The van der Waals surface area contributed by atoms with E-state index in [1.165, 1.54) is 0 Å². The number of aliphatic hydroxyl groups excluding tert-OH is 1. The number of fused-ring (bicyclic) bond motifs is 1. The minimum Gasteiger partial charge on any atom is -0.395 e. The number of pyridine rings is 1. The molecule has 0 fully saturated rings. The molecule has 0 saturated heterocycles. The van der Waals surface area contributed by atoms with Crippen LogP contribution in [0.15, 0.2) is 59.6 Å². The van der Waals surface area contributed by atoms with Gasteiger partial charge in [-0.05, 0) is 30.3 Å². The SMILES string of the molecule is OCCNc1ncc(-c2nc3ccncc3n2-c2ccc(Br)cc2)cn1. The van der Waals surface area contributed by atoms with E-state index in [9.17, 15) is 0 Å². The van der Waals surface area contributed by atoms with Crippen molar-refractivity contribution in [2.45, 2.75) is 0 Å². The van der Waals surface area contributed by atoms with E-state index in [0.29, 0.717) is 12.5 Å². The summed E-state index contributed by atoms with van der Waals surface area (Å²) in [7, 11) is 0. The van der Waals surface area contributed by atoms with Gasteiger partial charge < -0.3 is 10.4 Å². The Morgan fingerprint density at radius 1 is 1.04 bits per heavy atom. The Balaban J connectivity index is 1.84. The second kappa shape index (κ2) is 7.19. The number of aromatic nitrogens is 5. The highest BCUT2D eigenvalue weighted by atomic mass is 79.9. The second-order valence-electron chi connectivity index (χ2n) is 5.56. The Labute approximate surface area is 157 Å². The van der Waals surface area contributed by atoms with E-state index in [1.54, 1.807) is 24.8 Å². The van der Waals surface area contributed by atoms with Gasteiger partial charge in [0.2, 0.25) is 5.95 Å². The van der Waals surface area contributed by atoms with Gasteiger partial charge in [0.05, 0.1) is 29.4 Å². The predicted molar refractivity (Wildman–Crippen MR) is 103 cm³/mol. The number of nitrogens with zero attached hydrogens (tertiary/aromatic N) is 5. The highest BCUT2D eigenvalue weighted by Crippen LogP contribution is 2.28. The van der Waals surface area contributed by atoms with E-state index in [0.717, 1.165) is 32.6 Å². The number of aliphatic hydroxyl groups is 1. The number of hydrogen-bond donors (Lipinski definition) is 2. The molecule has 0 saturated carbocycles. The minimum absolute atomic E-state index is 0.0253. The maximum atomic E-state index is 8.88. The first kappa shape index (κ1) is 16.6. The molecule has 0 amide bonds. The third-order valence-corrected chi connectivity index (χ3v) is 4.38. The summed E-state index contributed by atoms with van der Waals surface area (Å²) in [5.74, 6) is 1.21. The summed E-state index contributed by atoms with van der Waals surface area (Å²) in [6.45, 7) is 0.430. The van der Waals surface area contributed by atoms with Gasteiger partial charge in [0, 0.05) is 35.3 Å². The molecule has 4 aromatic rings. The van der Waals surface area contributed by atoms with Crippen molar-refractivity contribution in [1.29, 1.82) is 0 Å². The van der Waals surface area contributed by atoms with Gasteiger partial charge in [-0.1, -0.05) is 15.9 Å². The number of anilines is 1. The molecule has 0 aliphatic rings. The molecule has 3 heterocycles. The monoisotopic (exact) mass is 410 g/mol. The number of rotatable bonds is 5. The Hall–Kier alpha value is -2.84. The van der Waals surface area contributed by atoms with E-state index < -0.39 is 0 Å². The van der Waals surface area contributed by atoms with Gasteiger partial charge in [-0.25, -0.2) is 15.0 Å². The molecule has 0 radical (unpaired) electrons. The summed E-state index contributed by atoms with van der Waals surface area (Å²) >= 11 is 3.47. The molecule has 0 unspecified atom stereocenters. The molecule has 0 bridgehead atoms. The summed E-state index contributed by atoms with van der Waals surface area (Å²) in [5, 5.41) is 11.8. The van der Waals surface area contributed by atoms with Crippen LogP contribution in [-0.2, 0) is 0 Å². The molecule has 26 heavy (non-hydrogen) atoms. The van der Waals surface area contributed by atoms with Crippen molar-refractivity contribution >= 4 is 32.9 Å². The van der Waals surface area contributed by atoms with Crippen molar-refractivity contribution in [2.75, 3.05) is 18.5 Å². The maximum Gasteiger partial charge on any atom is 0.222 e. The van der Waals surface area contributed by atoms with Crippen LogP contribution in [0, 0.1) is 0 Å². The minimum atomic E-state index is 0.0253. The third kappa shape index (κ3) is 3.16. The quantitative estimate of drug-likeness (QED) is 0.525. The number of hydrogen-bond acceptors (Lipinski definition) is 6. The molecule has 0 spiro atoms. The van der Waals surface area contributed by atoms with E-state index in [1.807, 2.05) is 34.9 Å². The van der Waals surface area contributed by atoms with Crippen LogP contribution in [0.5, 0.6) is 0 Å². The number of imidazole rings is 1. The average Bonchev–Trinajstić information content (AvgIpc) is 3.07. The standard InChI is InChI=1S/C18H15BrN6O/c19-13-1-3-14(4-2-13)25-16-11-20-6-5-15(16)24-17(25)12-9-22-18(23-10-12)21-7-8-26/h1-6,9-11,26H,7-8H2,(H,21,22,23). The molecule has 4 rings (SSSR count). The molecule has 2 N–H and O–H groups in total. The fraction of sp³-hybridized carbons (Fsp3) is 0.111. The number of halogens is 1. The summed E-state index contributed by atoms with van der Waals surface area (Å²) < 4.78 is 3.04. The summed E-state index contributed by atoms with van der Waals surface area (Å²) in [6.07, 6.45) is 6.96. The van der Waals surface area contributed by atoms with Gasteiger partial charge in [-0.2, -0.15) is 0 Å². The highest BCUT2D eigenvalue weighted by molar-refractivity contribution is 9.10. The van der Waals surface area contributed by atoms with Crippen molar-refractivity contribution in [1.82, 2.24) is 24.5 Å². The van der Waals surface area contributed by atoms with Crippen LogP contribution in [0.3, 0.4) is 0 Å². The molecule has 0 aliphatic carbocycles. The van der Waals surface area contributed by atoms with Crippen LogP contribution >= 0.6 is 15.9 Å². The van der Waals surface area contributed by atoms with Gasteiger partial charge in [0.1, 0.15) is 5.82 Å². The van der Waals surface area contributed by atoms with Crippen LogP contribution in [0.4, 0.5) is 5.95 Å². The van der Waals surface area contributed by atoms with E-state index >= 15 is 0 Å². The van der Waals surface area contributed by atoms with Crippen LogP contribution in [-0.4, -0.2) is 42.8 Å². The van der Waals surface area contributed by atoms with Crippen LogP contribution < -0.4 is 5.32 Å². The highest BCUT2D eigenvalue weighted by Gasteiger charge is 2.15. The Morgan fingerprint density at radius 3 is 2.54 bits per heavy atom. The van der Waals surface area contributed by atoms with Gasteiger partial charge >= 0.3 is 0 Å². The normalized spacial score (nSPS) is 11.0. The van der Waals surface area contributed by atoms with Gasteiger partial charge in [-0.3, -0.25) is 9.55 Å². The molecule has 1 aromatic carbocycles. The molecular formula is C18H15BrN6O. The van der Waals surface area contributed by atoms with Crippen LogP contribution in [0.2, 0.25) is 0 Å². The van der Waals surface area contributed by atoms with Gasteiger partial charge in [0.15, 0.2) is 0 Å². The molecule has 0 aliphatic heterocycles. The largest absolute Gasteiger partial charge is 0.395 e. The first-order chi connectivity index (χ1) is 12.8. The first-order valence-electron chi connectivity index (χ1n) is 8.02. The van der Waals surface area contributed by atoms with Crippen molar-refractivity contribution < 1.29 is 5.11 Å². The zero-order valence-electron chi connectivity index (χ0n) is 13.7. The summed E-state index contributed by atoms with van der Waals surface area (Å²) in [6, 6.07) is 9.88. The lowest BCUT2D eigenvalue weighted by Gasteiger charge is -2.09. The van der Waals surface area contributed by atoms with E-state index in [-0.39, 0.29) is 6.61 Å². The van der Waals surface area contributed by atoms with Crippen molar-refractivity contribution in [3.63, 3.8) is 0 Å². The zero-order valence-corrected chi connectivity index (χ0v) is 15.3. The average molecular weight is 411 g/mol. The molecule has 7 nitrogen and oxygen atoms in total. The smallest absolute Gasteiger partial charge is 0.222 e. The number of nitrogens with one attached hydrogen (secondary N) is 1. The van der Waals surface area contributed by atoms with Crippen LogP contribution in [0.1, 0.15) is 0 Å². The van der Waals surface area contributed by atoms with Gasteiger partial charge in [0.25, 0.3) is 0 Å². The molecule has 3 aromatic heterocycles. The fourth-order valence-corrected chi connectivity index (χ4v) is 2.94. The molecule has 0 atom stereocenters. The lowest BCUT2D eigenvalue weighted by Crippen LogP contribution is -2.08. The molecule has 8 heteroatoms. The van der Waals surface area contributed by atoms with Crippen LogP contribution in [0.25, 0.3) is 28.1 Å². The fourth-order valence-electron chi connectivity index (χ4n) is 2.67. The van der Waals surface area contributed by atoms with Crippen molar-refractivity contribution in [2.24, 2.45) is 0 Å². The van der Waals surface area contributed by atoms with E-state index in [2.05, 4.69) is 36.2 Å². The lowest BCUT2D eigenvalue weighted by molar-refractivity contribution is 0.311. The topological polar surface area (TPSA) is 88.8 Å². The van der Waals surface area contributed by atoms with Crippen molar-refractivity contribution in [3.05, 3.63) is 59.6 Å². The Morgan fingerprint density at radius 2 is 1.81 bits per heavy atom. The second-order valence-corrected chi connectivity index (χ2v) is 6.47. The van der Waals surface area contributed by atoms with Crippen molar-refractivity contribution in [3.8, 4) is 17.1 Å². The lowest BCUT2D eigenvalue weighted by atomic mass is 10.2. The van der Waals surface area contributed by atoms with E-state index in [4.69, 9.17) is 10.1 Å². The number of benzene rings is 1. The molecule has 130 valence electrons. The Bertz CT molecular complexity index is 1030. The third-order valence-electron chi connectivity index (χ3n) is 3.85. The zero-order chi connectivity index (χ0) is 17.9. The summed E-state index contributed by atoms with van der Waals surface area (Å²) in [5.41, 5.74) is 3.52. The Kier molecular flexibility index (Phi) is 4.59. The predicted octanol–water partition coefficient (Wildman–Crippen LogP) is 3.04.